The van der Waals surface area contributed by atoms with Crippen molar-refractivity contribution in [1.82, 2.24) is 20.9 Å². The number of guanidine groups is 1. The Morgan fingerprint density at radius 3 is 2.52 bits per heavy atom. The highest BCUT2D eigenvalue weighted by Gasteiger charge is 2.06. The second-order valence-electron chi connectivity index (χ2n) is 6.77. The predicted octanol–water partition coefficient (Wildman–Crippen LogP) is 1.72. The summed E-state index contributed by atoms with van der Waals surface area (Å²) in [6, 6.07) is 17.3. The van der Waals surface area contributed by atoms with E-state index >= 15 is 0 Å². The molecule has 0 unspecified atom stereocenters. The average Bonchev–Trinajstić information content (AvgIpc) is 2.74. The van der Waals surface area contributed by atoms with Crippen molar-refractivity contribution in [3.8, 4) is 5.75 Å². The molecule has 29 heavy (non-hydrogen) atoms. The Balaban J connectivity index is 1.75. The smallest absolute Gasteiger partial charge is 0.251 e. The van der Waals surface area contributed by atoms with Crippen LogP contribution in [0.1, 0.15) is 15.9 Å². The molecule has 2 aromatic carbocycles. The van der Waals surface area contributed by atoms with Gasteiger partial charge in [-0.05, 0) is 43.9 Å². The molecule has 1 amide bonds. The van der Waals surface area contributed by atoms with Crippen LogP contribution in [0.4, 0.5) is 0 Å². The van der Waals surface area contributed by atoms with Crippen molar-refractivity contribution in [2.75, 3.05) is 47.4 Å². The highest BCUT2D eigenvalue weighted by Crippen LogP contribution is 2.07. The molecule has 2 rings (SSSR count). The first kappa shape index (κ1) is 22.2. The molecule has 156 valence electrons. The Morgan fingerprint density at radius 2 is 1.79 bits per heavy atom. The van der Waals surface area contributed by atoms with Crippen molar-refractivity contribution in [3.63, 3.8) is 0 Å². The number of likely N-dealkylation sites (N-methyl/N-ethyl adjacent to an activating group) is 1. The number of carbonyl (C=O) groups is 1. The molecule has 7 heteroatoms. The van der Waals surface area contributed by atoms with Crippen LogP contribution in [-0.2, 0) is 6.54 Å². The van der Waals surface area contributed by atoms with Crippen LogP contribution >= 0.6 is 0 Å². The van der Waals surface area contributed by atoms with Gasteiger partial charge in [-0.15, -0.1) is 0 Å². The van der Waals surface area contributed by atoms with Crippen molar-refractivity contribution in [1.29, 1.82) is 0 Å². The van der Waals surface area contributed by atoms with Crippen LogP contribution in [0.15, 0.2) is 59.6 Å². The predicted molar refractivity (Wildman–Crippen MR) is 117 cm³/mol. The number of nitrogens with one attached hydrogen (secondary N) is 3. The van der Waals surface area contributed by atoms with E-state index in [0.29, 0.717) is 37.8 Å². The monoisotopic (exact) mass is 397 g/mol. The Kier molecular flexibility index (Phi) is 9.51. The topological polar surface area (TPSA) is 78.0 Å². The molecular weight excluding hydrogens is 366 g/mol. The third-order valence-electron chi connectivity index (χ3n) is 4.12. The number of benzene rings is 2. The molecule has 0 aliphatic carbocycles. The highest BCUT2D eigenvalue weighted by molar-refractivity contribution is 5.94. The number of ether oxygens (including phenoxy) is 1. The van der Waals surface area contributed by atoms with Gasteiger partial charge in [0.2, 0.25) is 0 Å². The van der Waals surface area contributed by atoms with Gasteiger partial charge in [0.25, 0.3) is 5.91 Å². The highest BCUT2D eigenvalue weighted by atomic mass is 16.5. The minimum Gasteiger partial charge on any atom is -0.492 e. The lowest BCUT2D eigenvalue weighted by molar-refractivity contribution is 0.0951. The van der Waals surface area contributed by atoms with E-state index in [4.69, 9.17) is 4.74 Å². The van der Waals surface area contributed by atoms with E-state index in [2.05, 4.69) is 20.9 Å². The van der Waals surface area contributed by atoms with Crippen molar-refractivity contribution >= 4 is 11.9 Å². The van der Waals surface area contributed by atoms with E-state index in [1.54, 1.807) is 7.05 Å². The number of para-hydroxylation sites is 1. The molecule has 0 bridgehead atoms. The molecule has 0 aliphatic rings. The Morgan fingerprint density at radius 1 is 1.00 bits per heavy atom. The first-order chi connectivity index (χ1) is 14.1. The Labute approximate surface area is 173 Å². The molecule has 0 saturated carbocycles. The molecule has 0 aliphatic heterocycles. The number of carbonyl (C=O) groups excluding carboxylic acids is 1. The van der Waals surface area contributed by atoms with Crippen LogP contribution in [0.2, 0.25) is 0 Å². The number of amides is 1. The number of rotatable bonds is 10. The van der Waals surface area contributed by atoms with Gasteiger partial charge in [0, 0.05) is 32.2 Å². The van der Waals surface area contributed by atoms with E-state index < -0.39 is 0 Å². The molecule has 2 aromatic rings. The molecule has 0 saturated heterocycles. The molecule has 0 fully saturated rings. The van der Waals surface area contributed by atoms with Crippen molar-refractivity contribution in [2.45, 2.75) is 6.54 Å². The van der Waals surface area contributed by atoms with Crippen LogP contribution in [0.5, 0.6) is 5.75 Å². The lowest BCUT2D eigenvalue weighted by Gasteiger charge is -2.13. The second-order valence-corrected chi connectivity index (χ2v) is 6.77. The van der Waals surface area contributed by atoms with Gasteiger partial charge in [-0.1, -0.05) is 30.3 Å². The summed E-state index contributed by atoms with van der Waals surface area (Å²) in [5.41, 5.74) is 1.66. The van der Waals surface area contributed by atoms with Crippen molar-refractivity contribution in [2.24, 2.45) is 4.99 Å². The van der Waals surface area contributed by atoms with E-state index in [9.17, 15) is 4.79 Å². The summed E-state index contributed by atoms with van der Waals surface area (Å²) in [4.78, 5) is 18.5. The second kappa shape index (κ2) is 12.4. The lowest BCUT2D eigenvalue weighted by atomic mass is 10.1. The van der Waals surface area contributed by atoms with E-state index in [1.807, 2.05) is 73.6 Å². The van der Waals surface area contributed by atoms with Gasteiger partial charge in [-0.3, -0.25) is 9.79 Å². The van der Waals surface area contributed by atoms with Gasteiger partial charge < -0.3 is 25.6 Å². The summed E-state index contributed by atoms with van der Waals surface area (Å²) in [6.07, 6.45) is 0. The maximum absolute atomic E-state index is 12.3. The van der Waals surface area contributed by atoms with Gasteiger partial charge in [-0.2, -0.15) is 0 Å². The van der Waals surface area contributed by atoms with Crippen molar-refractivity contribution < 1.29 is 9.53 Å². The van der Waals surface area contributed by atoms with Gasteiger partial charge in [0.15, 0.2) is 5.96 Å². The zero-order valence-electron chi connectivity index (χ0n) is 17.4. The van der Waals surface area contributed by atoms with Crippen LogP contribution in [0, 0.1) is 0 Å². The minimum atomic E-state index is -0.0609. The maximum atomic E-state index is 12.3. The molecule has 7 nitrogen and oxygen atoms in total. The first-order valence-corrected chi connectivity index (χ1v) is 9.72. The fourth-order valence-corrected chi connectivity index (χ4v) is 2.58. The average molecular weight is 398 g/mol. The van der Waals surface area contributed by atoms with E-state index in [-0.39, 0.29) is 5.91 Å². The molecule has 0 atom stereocenters. The summed E-state index contributed by atoms with van der Waals surface area (Å²) in [5, 5.41) is 9.40. The summed E-state index contributed by atoms with van der Waals surface area (Å²) >= 11 is 0. The lowest BCUT2D eigenvalue weighted by Crippen LogP contribution is -2.38. The van der Waals surface area contributed by atoms with E-state index in [0.717, 1.165) is 17.9 Å². The molecular formula is C22H31N5O2. The summed E-state index contributed by atoms with van der Waals surface area (Å²) in [6.45, 7) is 3.16. The maximum Gasteiger partial charge on any atom is 0.251 e. The zero-order chi connectivity index (χ0) is 20.9. The minimum absolute atomic E-state index is 0.0609. The van der Waals surface area contributed by atoms with Crippen LogP contribution < -0.4 is 20.7 Å². The van der Waals surface area contributed by atoms with Crippen molar-refractivity contribution in [3.05, 3.63) is 65.7 Å². The quantitative estimate of drug-likeness (QED) is 0.323. The normalized spacial score (nSPS) is 11.2. The van der Waals surface area contributed by atoms with Crippen LogP contribution in [0.25, 0.3) is 0 Å². The zero-order valence-corrected chi connectivity index (χ0v) is 17.4. The standard InChI is InChI=1S/C22H31N5O2/c1-23-22(25-13-15-29-20-10-5-4-6-11-20)26-17-18-8-7-9-19(16-18)21(28)24-12-14-27(2)3/h4-11,16H,12-15,17H2,1-3H3,(H,24,28)(H2,23,25,26). The molecule has 0 aromatic heterocycles. The fourth-order valence-electron chi connectivity index (χ4n) is 2.58. The van der Waals surface area contributed by atoms with Gasteiger partial charge in [-0.25, -0.2) is 0 Å². The number of hydrogen-bond donors (Lipinski definition) is 3. The van der Waals surface area contributed by atoms with Gasteiger partial charge in [0.05, 0.1) is 6.54 Å². The Hall–Kier alpha value is -3.06. The molecule has 0 spiro atoms. The Bertz CT molecular complexity index is 778. The van der Waals surface area contributed by atoms with Crippen LogP contribution in [0.3, 0.4) is 0 Å². The largest absolute Gasteiger partial charge is 0.492 e. The fraction of sp³-hybridized carbons (Fsp3) is 0.364. The number of aliphatic imine (C=N–C) groups is 1. The summed E-state index contributed by atoms with van der Waals surface area (Å²) in [7, 11) is 5.68. The summed E-state index contributed by atoms with van der Waals surface area (Å²) < 4.78 is 5.66. The SMILES string of the molecule is CN=C(NCCOc1ccccc1)NCc1cccc(C(=O)NCCN(C)C)c1. The van der Waals surface area contributed by atoms with E-state index in [1.165, 1.54) is 0 Å². The molecule has 3 N–H and O–H groups in total. The third kappa shape index (κ3) is 8.66. The molecule has 0 radical (unpaired) electrons. The summed E-state index contributed by atoms with van der Waals surface area (Å²) in [5.74, 6) is 1.47. The third-order valence-corrected chi connectivity index (χ3v) is 4.12. The number of nitrogens with zero attached hydrogens (tertiary/aromatic N) is 2. The van der Waals surface area contributed by atoms with Gasteiger partial charge in [0.1, 0.15) is 12.4 Å². The van der Waals surface area contributed by atoms with Gasteiger partial charge >= 0.3 is 0 Å². The molecule has 0 heterocycles. The van der Waals surface area contributed by atoms with Crippen LogP contribution in [-0.4, -0.2) is 64.2 Å². The number of hydrogen-bond acceptors (Lipinski definition) is 4. The first-order valence-electron chi connectivity index (χ1n) is 9.72.